The molecule has 0 spiro atoms. The average Bonchev–Trinajstić information content (AvgIpc) is 1.06. The third kappa shape index (κ3) is 76.1. The van der Waals surface area contributed by atoms with Crippen LogP contribution in [0.3, 0.4) is 0 Å². The molecule has 0 aromatic heterocycles. The first-order valence-electron chi connectivity index (χ1n) is 38.8. The van der Waals surface area contributed by atoms with Gasteiger partial charge >= 0.3 is 33.6 Å². The van der Waals surface area contributed by atoms with Crippen LogP contribution in [0.15, 0.2) is 158 Å². The summed E-state index contributed by atoms with van der Waals surface area (Å²) in [7, 11) is -9.81. The first-order chi connectivity index (χ1) is 49.2. The first kappa shape index (κ1) is 96.2. The number of phosphoric acid groups is 2. The number of rotatable bonds is 72. The molecule has 0 aliphatic rings. The molecule has 0 aliphatic carbocycles. The van der Waals surface area contributed by atoms with Gasteiger partial charge in [-0.3, -0.25) is 32.5 Å². The first-order valence-corrected chi connectivity index (χ1v) is 41.8. The molecule has 0 saturated heterocycles. The lowest BCUT2D eigenvalue weighted by Gasteiger charge is -2.21. The molecule has 0 saturated carbocycles. The summed E-state index contributed by atoms with van der Waals surface area (Å²) in [4.78, 5) is 58.6. The number of esters is 3. The minimum atomic E-state index is -4.95. The van der Waals surface area contributed by atoms with Gasteiger partial charge in [0.1, 0.15) is 25.4 Å². The molecule has 18 heteroatoms. The Morgan fingerprint density at radius 3 is 0.832 bits per heavy atom. The summed E-state index contributed by atoms with van der Waals surface area (Å²) in [5.74, 6) is -1.63. The molecule has 0 aromatic carbocycles. The molecule has 101 heavy (non-hydrogen) atoms. The molecule has 0 heterocycles. The van der Waals surface area contributed by atoms with E-state index in [0.29, 0.717) is 19.3 Å². The predicted octanol–water partition coefficient (Wildman–Crippen LogP) is 22.6. The SMILES string of the molecule is CC/C=C\C/C=C\C/C=C\C/C=C\C/C=C\C/C=C\CCCCCCCCCCCCC(=O)OCC(O)COP(=O)(O)OCC(O)COP(=O)(O)OCC(COC(=O)CCCCCCCC/C=C\C/C=C\C/C=C\CCCCC)OC(=O)CCCCCC/C=C\C/C=C\C/C=C\C/C=C\CC. The molecule has 0 radical (unpaired) electrons. The normalized spacial score (nSPS) is 14.9. The Kier molecular flexibility index (Phi) is 71.3. The van der Waals surface area contributed by atoms with Crippen molar-refractivity contribution in [1.29, 1.82) is 0 Å². The van der Waals surface area contributed by atoms with E-state index in [1.54, 1.807) is 0 Å². The third-order valence-electron chi connectivity index (χ3n) is 15.7. The quantitative estimate of drug-likeness (QED) is 0.0146. The van der Waals surface area contributed by atoms with E-state index in [1.165, 1.54) is 51.4 Å². The molecule has 0 rings (SSSR count). The minimum Gasteiger partial charge on any atom is -0.463 e. The van der Waals surface area contributed by atoms with Crippen LogP contribution < -0.4 is 0 Å². The van der Waals surface area contributed by atoms with E-state index in [0.717, 1.165) is 180 Å². The van der Waals surface area contributed by atoms with E-state index < -0.39 is 91.5 Å². The third-order valence-corrected chi connectivity index (χ3v) is 17.6. The van der Waals surface area contributed by atoms with Gasteiger partial charge in [0.2, 0.25) is 0 Å². The Labute approximate surface area is 612 Å². The lowest BCUT2D eigenvalue weighted by Crippen LogP contribution is -2.30. The fourth-order valence-electron chi connectivity index (χ4n) is 9.87. The highest BCUT2D eigenvalue weighted by atomic mass is 31.2. The van der Waals surface area contributed by atoms with Crippen molar-refractivity contribution >= 4 is 33.6 Å². The van der Waals surface area contributed by atoms with Gasteiger partial charge in [-0.1, -0.05) is 281 Å². The number of aliphatic hydroxyl groups excluding tert-OH is 2. The van der Waals surface area contributed by atoms with E-state index in [1.807, 2.05) is 0 Å². The second-order valence-corrected chi connectivity index (χ2v) is 28.3. The number of carbonyl (C=O) groups is 3. The Bertz CT molecular complexity index is 2470. The van der Waals surface area contributed by atoms with Crippen molar-refractivity contribution in [2.45, 2.75) is 309 Å². The lowest BCUT2D eigenvalue weighted by molar-refractivity contribution is -0.161. The van der Waals surface area contributed by atoms with Crippen molar-refractivity contribution < 1.29 is 75.8 Å². The van der Waals surface area contributed by atoms with Gasteiger partial charge in [-0.15, -0.1) is 0 Å². The van der Waals surface area contributed by atoms with Crippen LogP contribution in [0.4, 0.5) is 0 Å². The van der Waals surface area contributed by atoms with Gasteiger partial charge in [0, 0.05) is 19.3 Å². The maximum Gasteiger partial charge on any atom is 0.472 e. The smallest absolute Gasteiger partial charge is 0.463 e. The Balaban J connectivity index is 4.60. The van der Waals surface area contributed by atoms with E-state index in [9.17, 15) is 43.5 Å². The van der Waals surface area contributed by atoms with Crippen molar-refractivity contribution in [1.82, 2.24) is 0 Å². The van der Waals surface area contributed by atoms with Crippen LogP contribution in [0, 0.1) is 0 Å². The fourth-order valence-corrected chi connectivity index (χ4v) is 11.5. The van der Waals surface area contributed by atoms with E-state index >= 15 is 0 Å². The standard InChI is InChI=1S/C83H138O16P2/c1-4-7-10-13-16-19-22-25-28-31-33-34-35-36-37-38-39-40-41-42-44-47-48-51-54-57-60-63-66-69-81(86)93-72-78(84)73-95-100(89,90)96-74-79(85)75-97-101(91,92)98-77-80(99-83(88)71-68-65-62-59-56-53-50-45-30-27-24-21-18-15-12-9-6-3)76-94-82(87)70-67-64-61-58-55-52-49-46-43-32-29-26-23-20-17-14-11-8-5-2/h7,9-10,12,16-21,25-30,33-34,36-37,39-40,43,46,50,53,78-80,84-85H,4-6,8,11,13-15,22-24,31-32,35,38,41-42,44-45,47-49,51-52,54-77H2,1-3H3,(H,89,90)(H,91,92)/b10-7-,12-9-,19-16-,20-17-,21-18-,28-25-,29-26-,30-27-,34-33-,37-36-,40-39-,46-43-,53-50-. The molecule has 0 fully saturated rings. The molecule has 4 N–H and O–H groups in total. The van der Waals surface area contributed by atoms with Gasteiger partial charge in [-0.2, -0.15) is 0 Å². The summed E-state index contributed by atoms with van der Waals surface area (Å²) in [6, 6.07) is 0. The number of aliphatic hydroxyl groups is 2. The highest BCUT2D eigenvalue weighted by molar-refractivity contribution is 7.47. The minimum absolute atomic E-state index is 0.0690. The Morgan fingerprint density at radius 1 is 0.287 bits per heavy atom. The van der Waals surface area contributed by atoms with E-state index in [-0.39, 0.29) is 19.3 Å². The predicted molar refractivity (Wildman–Crippen MR) is 417 cm³/mol. The summed E-state index contributed by atoms with van der Waals surface area (Å²) in [6.45, 7) is 2.37. The maximum atomic E-state index is 13.0. The van der Waals surface area contributed by atoms with Crippen LogP contribution in [-0.2, 0) is 55.8 Å². The second-order valence-electron chi connectivity index (χ2n) is 25.4. The zero-order valence-corrected chi connectivity index (χ0v) is 64.6. The fraction of sp³-hybridized carbons (Fsp3) is 0.651. The van der Waals surface area contributed by atoms with Crippen LogP contribution in [0.5, 0.6) is 0 Å². The topological polar surface area (TPSA) is 231 Å². The van der Waals surface area contributed by atoms with Gasteiger partial charge in [-0.25, -0.2) is 9.13 Å². The molecule has 0 bridgehead atoms. The number of unbranched alkanes of at least 4 members (excludes halogenated alkanes) is 23. The summed E-state index contributed by atoms with van der Waals surface area (Å²) in [5, 5.41) is 20.6. The number of allylic oxidation sites excluding steroid dienone is 26. The molecule has 576 valence electrons. The molecular weight excluding hydrogens is 1310 g/mol. The van der Waals surface area contributed by atoms with Crippen LogP contribution in [-0.4, -0.2) is 95.9 Å². The average molecular weight is 1450 g/mol. The number of phosphoric ester groups is 2. The number of ether oxygens (including phenoxy) is 3. The highest BCUT2D eigenvalue weighted by Crippen LogP contribution is 2.45. The van der Waals surface area contributed by atoms with Gasteiger partial charge in [0.25, 0.3) is 0 Å². The zero-order valence-electron chi connectivity index (χ0n) is 62.8. The van der Waals surface area contributed by atoms with Crippen LogP contribution in [0.1, 0.15) is 290 Å². The van der Waals surface area contributed by atoms with Crippen molar-refractivity contribution in [3.63, 3.8) is 0 Å². The summed E-state index contributed by atoms with van der Waals surface area (Å²) < 4.78 is 61.1. The molecule has 0 aliphatic heterocycles. The van der Waals surface area contributed by atoms with E-state index in [4.69, 9.17) is 32.3 Å². The van der Waals surface area contributed by atoms with Crippen molar-refractivity contribution in [3.8, 4) is 0 Å². The Hall–Kier alpha value is -4.83. The summed E-state index contributed by atoms with van der Waals surface area (Å²) in [5.41, 5.74) is 0. The number of hydrogen-bond acceptors (Lipinski definition) is 14. The highest BCUT2D eigenvalue weighted by Gasteiger charge is 2.29. The van der Waals surface area contributed by atoms with E-state index in [2.05, 4.69) is 179 Å². The van der Waals surface area contributed by atoms with Gasteiger partial charge in [-0.05, 0) is 148 Å². The second kappa shape index (κ2) is 74.9. The lowest BCUT2D eigenvalue weighted by atomic mass is 10.1. The van der Waals surface area contributed by atoms with Crippen LogP contribution >= 0.6 is 15.6 Å². The van der Waals surface area contributed by atoms with Crippen LogP contribution in [0.25, 0.3) is 0 Å². The molecule has 16 nitrogen and oxygen atoms in total. The number of carbonyl (C=O) groups excluding carboxylic acids is 3. The maximum absolute atomic E-state index is 13.0. The van der Waals surface area contributed by atoms with Crippen molar-refractivity contribution in [2.75, 3.05) is 39.6 Å². The van der Waals surface area contributed by atoms with Gasteiger partial charge in [0.15, 0.2) is 6.10 Å². The van der Waals surface area contributed by atoms with Gasteiger partial charge < -0.3 is 34.2 Å². The number of hydrogen-bond donors (Lipinski definition) is 4. The molecule has 5 atom stereocenters. The monoisotopic (exact) mass is 1450 g/mol. The van der Waals surface area contributed by atoms with Gasteiger partial charge in [0.05, 0.1) is 26.4 Å². The largest absolute Gasteiger partial charge is 0.472 e. The van der Waals surface area contributed by atoms with Crippen molar-refractivity contribution in [3.05, 3.63) is 158 Å². The summed E-state index contributed by atoms with van der Waals surface area (Å²) >= 11 is 0. The molecule has 5 unspecified atom stereocenters. The molecule has 0 amide bonds. The Morgan fingerprint density at radius 2 is 0.525 bits per heavy atom. The molecule has 0 aromatic rings. The molecular formula is C83H138O16P2. The van der Waals surface area contributed by atoms with Crippen molar-refractivity contribution in [2.24, 2.45) is 0 Å². The zero-order chi connectivity index (χ0) is 73.7. The van der Waals surface area contributed by atoms with Crippen LogP contribution in [0.2, 0.25) is 0 Å². The summed E-state index contributed by atoms with van der Waals surface area (Å²) in [6.07, 6.45) is 92.8.